The van der Waals surface area contributed by atoms with Gasteiger partial charge in [0.2, 0.25) is 0 Å². The standard InChI is InChI=1S/C11H8ClF2N3O2S/c12-7-2-1-3-16-11(7)17-20(18,19)10-8(13)4-6(15)5-9(10)14/h1-5H,15H2,(H,16,17). The number of nitrogen functional groups attached to an aromatic ring is 1. The summed E-state index contributed by atoms with van der Waals surface area (Å²) in [5.41, 5.74) is 4.99. The fourth-order valence-electron chi connectivity index (χ4n) is 1.48. The number of benzene rings is 1. The molecule has 0 saturated carbocycles. The molecule has 0 aliphatic rings. The van der Waals surface area contributed by atoms with Gasteiger partial charge in [-0.25, -0.2) is 22.2 Å². The van der Waals surface area contributed by atoms with E-state index in [9.17, 15) is 17.2 Å². The number of anilines is 2. The lowest BCUT2D eigenvalue weighted by molar-refractivity contribution is 0.522. The molecule has 0 radical (unpaired) electrons. The molecule has 2 aromatic rings. The van der Waals surface area contributed by atoms with Crippen LogP contribution >= 0.6 is 11.6 Å². The predicted molar refractivity (Wildman–Crippen MR) is 70.8 cm³/mol. The SMILES string of the molecule is Nc1cc(F)c(S(=O)(=O)Nc2ncccc2Cl)c(F)c1. The van der Waals surface area contributed by atoms with Gasteiger partial charge in [0, 0.05) is 11.9 Å². The van der Waals surface area contributed by atoms with Crippen molar-refractivity contribution in [3.63, 3.8) is 0 Å². The summed E-state index contributed by atoms with van der Waals surface area (Å²) in [4.78, 5) is 2.53. The summed E-state index contributed by atoms with van der Waals surface area (Å²) < 4.78 is 53.1. The lowest BCUT2D eigenvalue weighted by atomic mass is 10.3. The maximum absolute atomic E-state index is 13.6. The van der Waals surface area contributed by atoms with Gasteiger partial charge < -0.3 is 5.73 Å². The minimum atomic E-state index is -4.52. The number of hydrogen-bond acceptors (Lipinski definition) is 4. The number of nitrogens with one attached hydrogen (secondary N) is 1. The molecule has 106 valence electrons. The predicted octanol–water partition coefficient (Wildman–Crippen LogP) is 2.40. The maximum atomic E-state index is 13.6. The third kappa shape index (κ3) is 2.81. The van der Waals surface area contributed by atoms with Gasteiger partial charge in [0.1, 0.15) is 11.6 Å². The van der Waals surface area contributed by atoms with Crippen molar-refractivity contribution in [2.45, 2.75) is 4.90 Å². The van der Waals surface area contributed by atoms with Gasteiger partial charge in [0.15, 0.2) is 10.7 Å². The van der Waals surface area contributed by atoms with Gasteiger partial charge in [0.25, 0.3) is 10.0 Å². The van der Waals surface area contributed by atoms with Crippen LogP contribution in [0, 0.1) is 11.6 Å². The van der Waals surface area contributed by atoms with Crippen LogP contribution in [0.3, 0.4) is 0 Å². The van der Waals surface area contributed by atoms with Gasteiger partial charge in [0.05, 0.1) is 5.02 Å². The highest BCUT2D eigenvalue weighted by atomic mass is 35.5. The van der Waals surface area contributed by atoms with E-state index in [-0.39, 0.29) is 16.5 Å². The quantitative estimate of drug-likeness (QED) is 0.851. The van der Waals surface area contributed by atoms with Crippen molar-refractivity contribution in [2.24, 2.45) is 0 Å². The molecular weight excluding hydrogens is 312 g/mol. The van der Waals surface area contributed by atoms with E-state index >= 15 is 0 Å². The number of halogens is 3. The Labute approximate surface area is 118 Å². The highest BCUT2D eigenvalue weighted by Crippen LogP contribution is 2.26. The molecule has 1 aromatic carbocycles. The van der Waals surface area contributed by atoms with Crippen molar-refractivity contribution in [3.05, 3.63) is 47.1 Å². The highest BCUT2D eigenvalue weighted by Gasteiger charge is 2.25. The molecule has 0 aliphatic carbocycles. The molecule has 0 fully saturated rings. The van der Waals surface area contributed by atoms with E-state index in [1.165, 1.54) is 18.3 Å². The summed E-state index contributed by atoms with van der Waals surface area (Å²) in [6.07, 6.45) is 1.28. The molecule has 0 saturated heterocycles. The Hall–Kier alpha value is -1.93. The molecule has 0 bridgehead atoms. The first kappa shape index (κ1) is 14.5. The van der Waals surface area contributed by atoms with E-state index in [1.54, 1.807) is 0 Å². The third-order valence-corrected chi connectivity index (χ3v) is 3.97. The number of aromatic nitrogens is 1. The normalized spacial score (nSPS) is 11.3. The highest BCUT2D eigenvalue weighted by molar-refractivity contribution is 7.92. The minimum Gasteiger partial charge on any atom is -0.399 e. The van der Waals surface area contributed by atoms with Crippen LogP contribution in [0.1, 0.15) is 0 Å². The van der Waals surface area contributed by atoms with Gasteiger partial charge in [-0.05, 0) is 24.3 Å². The van der Waals surface area contributed by atoms with E-state index in [0.29, 0.717) is 12.1 Å². The smallest absolute Gasteiger partial charge is 0.268 e. The van der Waals surface area contributed by atoms with Crippen LogP contribution in [-0.2, 0) is 10.0 Å². The topological polar surface area (TPSA) is 85.1 Å². The molecule has 20 heavy (non-hydrogen) atoms. The summed E-state index contributed by atoms with van der Waals surface area (Å²) >= 11 is 5.73. The third-order valence-electron chi connectivity index (χ3n) is 2.28. The Bertz CT molecular complexity index is 745. The van der Waals surface area contributed by atoms with Crippen LogP contribution < -0.4 is 10.5 Å². The molecule has 0 spiro atoms. The van der Waals surface area contributed by atoms with Crippen molar-refractivity contribution in [1.29, 1.82) is 0 Å². The van der Waals surface area contributed by atoms with Gasteiger partial charge >= 0.3 is 0 Å². The lowest BCUT2D eigenvalue weighted by Crippen LogP contribution is -2.17. The first-order valence-corrected chi connectivity index (χ1v) is 7.05. The van der Waals surface area contributed by atoms with Gasteiger partial charge in [-0.3, -0.25) is 4.72 Å². The number of nitrogens with two attached hydrogens (primary N) is 1. The fourth-order valence-corrected chi connectivity index (χ4v) is 2.85. The average molecular weight is 320 g/mol. The zero-order chi connectivity index (χ0) is 14.9. The van der Waals surface area contributed by atoms with E-state index in [4.69, 9.17) is 17.3 Å². The number of sulfonamides is 1. The van der Waals surface area contributed by atoms with Crippen LogP contribution in [-0.4, -0.2) is 13.4 Å². The van der Waals surface area contributed by atoms with Crippen molar-refractivity contribution >= 4 is 33.1 Å². The summed E-state index contributed by atoms with van der Waals surface area (Å²) in [6.45, 7) is 0. The Morgan fingerprint density at radius 1 is 1.25 bits per heavy atom. The Morgan fingerprint density at radius 3 is 2.40 bits per heavy atom. The summed E-state index contributed by atoms with van der Waals surface area (Å²) in [7, 11) is -4.52. The number of hydrogen-bond donors (Lipinski definition) is 2. The molecule has 0 atom stereocenters. The molecule has 0 amide bonds. The fraction of sp³-hybridized carbons (Fsp3) is 0. The van der Waals surface area contributed by atoms with E-state index < -0.39 is 26.6 Å². The van der Waals surface area contributed by atoms with Crippen LogP contribution in [0.4, 0.5) is 20.3 Å². The minimum absolute atomic E-state index is 0.00710. The zero-order valence-electron chi connectivity index (χ0n) is 9.77. The van der Waals surface area contributed by atoms with Crippen molar-refractivity contribution in [3.8, 4) is 0 Å². The summed E-state index contributed by atoms with van der Waals surface area (Å²) in [5.74, 6) is -2.84. The molecule has 0 unspecified atom stereocenters. The van der Waals surface area contributed by atoms with Crippen LogP contribution in [0.5, 0.6) is 0 Å². The van der Waals surface area contributed by atoms with Gasteiger partial charge in [-0.2, -0.15) is 0 Å². The average Bonchev–Trinajstić information content (AvgIpc) is 2.30. The second kappa shape index (κ2) is 5.22. The number of rotatable bonds is 3. The zero-order valence-corrected chi connectivity index (χ0v) is 11.3. The van der Waals surface area contributed by atoms with Crippen molar-refractivity contribution in [2.75, 3.05) is 10.5 Å². The van der Waals surface area contributed by atoms with Crippen LogP contribution in [0.2, 0.25) is 5.02 Å². The Kier molecular flexibility index (Phi) is 3.78. The maximum Gasteiger partial charge on any atom is 0.268 e. The molecule has 5 nitrogen and oxygen atoms in total. The molecule has 2 rings (SSSR count). The first-order chi connectivity index (χ1) is 9.31. The molecule has 9 heteroatoms. The second-order valence-electron chi connectivity index (χ2n) is 3.75. The van der Waals surface area contributed by atoms with E-state index in [1.807, 2.05) is 4.72 Å². The summed E-state index contributed by atoms with van der Waals surface area (Å²) in [5, 5.41) is -0.00710. The largest absolute Gasteiger partial charge is 0.399 e. The van der Waals surface area contributed by atoms with Crippen LogP contribution in [0.25, 0.3) is 0 Å². The molecule has 0 aliphatic heterocycles. The molecule has 1 aromatic heterocycles. The number of nitrogens with zero attached hydrogens (tertiary/aromatic N) is 1. The number of pyridine rings is 1. The molecule has 3 N–H and O–H groups in total. The van der Waals surface area contributed by atoms with Gasteiger partial charge in [-0.1, -0.05) is 11.6 Å². The first-order valence-electron chi connectivity index (χ1n) is 5.19. The summed E-state index contributed by atoms with van der Waals surface area (Å²) in [6, 6.07) is 4.27. The Morgan fingerprint density at radius 2 is 1.85 bits per heavy atom. The second-order valence-corrected chi connectivity index (χ2v) is 5.78. The van der Waals surface area contributed by atoms with Crippen LogP contribution in [0.15, 0.2) is 35.4 Å². The monoisotopic (exact) mass is 319 g/mol. The van der Waals surface area contributed by atoms with Crippen molar-refractivity contribution < 1.29 is 17.2 Å². The lowest BCUT2D eigenvalue weighted by Gasteiger charge is -2.10. The van der Waals surface area contributed by atoms with Gasteiger partial charge in [-0.15, -0.1) is 0 Å². The van der Waals surface area contributed by atoms with E-state index in [2.05, 4.69) is 4.98 Å². The van der Waals surface area contributed by atoms with E-state index in [0.717, 1.165) is 0 Å². The molecule has 1 heterocycles. The Balaban J connectivity index is 2.50. The van der Waals surface area contributed by atoms with Crippen molar-refractivity contribution in [1.82, 2.24) is 4.98 Å². The molecular formula is C11H8ClF2N3O2S.